The molecule has 1 aromatic carbocycles. The van der Waals surface area contributed by atoms with Gasteiger partial charge in [0.05, 0.1) is 17.0 Å². The zero-order valence-corrected chi connectivity index (χ0v) is 14.4. The predicted molar refractivity (Wildman–Crippen MR) is 89.6 cm³/mol. The highest BCUT2D eigenvalue weighted by molar-refractivity contribution is 7.14. The minimum atomic E-state index is -1.19. The molecule has 2 rings (SSSR count). The highest BCUT2D eigenvalue weighted by Gasteiger charge is 2.24. The number of hydrogen-bond acceptors (Lipinski definition) is 4. The summed E-state index contributed by atoms with van der Waals surface area (Å²) >= 11 is 7.36. The van der Waals surface area contributed by atoms with Gasteiger partial charge in [-0.05, 0) is 43.2 Å². The molecule has 1 heterocycles. The molecule has 1 atom stereocenters. The molecule has 0 fully saturated rings. The zero-order chi connectivity index (χ0) is 17.1. The second-order valence-electron chi connectivity index (χ2n) is 4.99. The van der Waals surface area contributed by atoms with Gasteiger partial charge in [0.25, 0.3) is 5.91 Å². The van der Waals surface area contributed by atoms with Gasteiger partial charge in [-0.3, -0.25) is 4.79 Å². The largest absolute Gasteiger partial charge is 0.495 e. The Morgan fingerprint density at radius 1 is 1.30 bits per heavy atom. The third kappa shape index (κ3) is 3.83. The number of aryl methyl sites for hydroxylation is 2. The van der Waals surface area contributed by atoms with Gasteiger partial charge >= 0.3 is 5.97 Å². The van der Waals surface area contributed by atoms with E-state index in [1.165, 1.54) is 24.5 Å². The summed E-state index contributed by atoms with van der Waals surface area (Å²) < 4.78 is 5.04. The molecule has 1 aromatic heterocycles. The van der Waals surface area contributed by atoms with Crippen molar-refractivity contribution in [3.63, 3.8) is 0 Å². The quantitative estimate of drug-likeness (QED) is 0.861. The number of amides is 1. The Morgan fingerprint density at radius 3 is 2.48 bits per heavy atom. The van der Waals surface area contributed by atoms with Crippen LogP contribution in [-0.2, 0) is 4.79 Å². The van der Waals surface area contributed by atoms with Crippen molar-refractivity contribution in [2.45, 2.75) is 19.9 Å². The van der Waals surface area contributed by atoms with E-state index in [4.69, 9.17) is 16.3 Å². The Kier molecular flexibility index (Phi) is 5.28. The molecular weight excluding hydrogens is 338 g/mol. The Balaban J connectivity index is 2.27. The van der Waals surface area contributed by atoms with E-state index in [1.54, 1.807) is 18.2 Å². The number of ether oxygens (including phenoxy) is 1. The number of benzene rings is 1. The molecule has 0 aliphatic heterocycles. The highest BCUT2D eigenvalue weighted by Crippen LogP contribution is 2.28. The Bertz CT molecular complexity index is 737. The summed E-state index contributed by atoms with van der Waals surface area (Å²) in [6.07, 6.45) is 0. The van der Waals surface area contributed by atoms with Gasteiger partial charge < -0.3 is 15.2 Å². The number of aliphatic carboxylic acids is 1. The number of hydrogen-bond donors (Lipinski definition) is 2. The summed E-state index contributed by atoms with van der Waals surface area (Å²) in [7, 11) is 1.47. The number of halogens is 1. The van der Waals surface area contributed by atoms with Crippen LogP contribution in [0.5, 0.6) is 5.75 Å². The molecule has 1 unspecified atom stereocenters. The Morgan fingerprint density at radius 2 is 2.00 bits per heavy atom. The number of methoxy groups -OCH3 is 1. The van der Waals surface area contributed by atoms with Gasteiger partial charge in [-0.15, -0.1) is 11.3 Å². The number of nitrogens with one attached hydrogen (secondary N) is 1. The number of thiophene rings is 1. The van der Waals surface area contributed by atoms with Gasteiger partial charge in [-0.1, -0.05) is 17.7 Å². The lowest BCUT2D eigenvalue weighted by molar-refractivity contribution is -0.139. The van der Waals surface area contributed by atoms with Crippen LogP contribution in [0.2, 0.25) is 5.02 Å². The smallest absolute Gasteiger partial charge is 0.330 e. The zero-order valence-electron chi connectivity index (χ0n) is 12.8. The van der Waals surface area contributed by atoms with Crippen molar-refractivity contribution in [3.8, 4) is 5.75 Å². The maximum absolute atomic E-state index is 12.3. The molecule has 2 aromatic rings. The molecule has 122 valence electrons. The summed E-state index contributed by atoms with van der Waals surface area (Å²) in [5.41, 5.74) is 1.38. The van der Waals surface area contributed by atoms with Crippen LogP contribution in [0.25, 0.3) is 0 Å². The number of carboxylic acid groups (broad SMARTS) is 1. The monoisotopic (exact) mass is 353 g/mol. The first-order valence-electron chi connectivity index (χ1n) is 6.77. The van der Waals surface area contributed by atoms with Crippen LogP contribution in [0.1, 0.15) is 31.7 Å². The highest BCUT2D eigenvalue weighted by atomic mass is 35.5. The summed E-state index contributed by atoms with van der Waals surface area (Å²) in [5, 5.41) is 12.2. The molecule has 23 heavy (non-hydrogen) atoms. The SMILES string of the molecule is COc1ccc(C(NC(=O)c2cc(C)c(C)s2)C(=O)O)cc1Cl. The summed E-state index contributed by atoms with van der Waals surface area (Å²) in [6.45, 7) is 3.81. The van der Waals surface area contributed by atoms with E-state index < -0.39 is 17.9 Å². The standard InChI is InChI=1S/C16H16ClNO4S/c1-8-6-13(23-9(8)2)15(19)18-14(16(20)21)10-4-5-12(22-3)11(17)7-10/h4-7,14H,1-3H3,(H,18,19)(H,20,21). The first-order chi connectivity index (χ1) is 10.8. The van der Waals surface area contributed by atoms with Crippen LogP contribution in [-0.4, -0.2) is 24.1 Å². The van der Waals surface area contributed by atoms with E-state index in [9.17, 15) is 14.7 Å². The average molecular weight is 354 g/mol. The third-order valence-corrected chi connectivity index (χ3v) is 4.87. The van der Waals surface area contributed by atoms with Gasteiger partial charge in [0, 0.05) is 4.88 Å². The average Bonchev–Trinajstić information content (AvgIpc) is 2.84. The first-order valence-corrected chi connectivity index (χ1v) is 7.97. The van der Waals surface area contributed by atoms with E-state index in [0.29, 0.717) is 16.2 Å². The first kappa shape index (κ1) is 17.3. The normalized spacial score (nSPS) is 11.8. The molecular formula is C16H16ClNO4S. The molecule has 0 saturated carbocycles. The lowest BCUT2D eigenvalue weighted by Gasteiger charge is -2.15. The fourth-order valence-electron chi connectivity index (χ4n) is 2.04. The Labute approximate surface area is 142 Å². The third-order valence-electron chi connectivity index (χ3n) is 3.42. The molecule has 2 N–H and O–H groups in total. The lowest BCUT2D eigenvalue weighted by Crippen LogP contribution is -2.33. The van der Waals surface area contributed by atoms with Gasteiger partial charge in [0.2, 0.25) is 0 Å². The Hall–Kier alpha value is -2.05. The van der Waals surface area contributed by atoms with Crippen LogP contribution in [0, 0.1) is 13.8 Å². The number of rotatable bonds is 5. The number of carboxylic acids is 1. The van der Waals surface area contributed by atoms with Gasteiger partial charge in [0.15, 0.2) is 6.04 Å². The van der Waals surface area contributed by atoms with Gasteiger partial charge in [0.1, 0.15) is 5.75 Å². The summed E-state index contributed by atoms with van der Waals surface area (Å²) in [5.74, 6) is -1.15. The van der Waals surface area contributed by atoms with Crippen molar-refractivity contribution in [2.24, 2.45) is 0 Å². The molecule has 1 amide bonds. The second kappa shape index (κ2) is 7.02. The molecule has 5 nitrogen and oxygen atoms in total. The topological polar surface area (TPSA) is 75.6 Å². The van der Waals surface area contributed by atoms with Crippen molar-refractivity contribution in [2.75, 3.05) is 7.11 Å². The number of carbonyl (C=O) groups excluding carboxylic acids is 1. The van der Waals surface area contributed by atoms with Crippen molar-refractivity contribution in [1.29, 1.82) is 0 Å². The van der Waals surface area contributed by atoms with Crippen LogP contribution in [0.15, 0.2) is 24.3 Å². The van der Waals surface area contributed by atoms with Crippen molar-refractivity contribution in [1.82, 2.24) is 5.32 Å². The fraction of sp³-hybridized carbons (Fsp3) is 0.250. The molecule has 0 saturated heterocycles. The van der Waals surface area contributed by atoms with Crippen LogP contribution >= 0.6 is 22.9 Å². The molecule has 0 aliphatic carbocycles. The van der Waals surface area contributed by atoms with Crippen molar-refractivity contribution in [3.05, 3.63) is 50.2 Å². The predicted octanol–water partition coefficient (Wildman–Crippen LogP) is 3.58. The minimum absolute atomic E-state index is 0.285. The molecule has 0 aliphatic rings. The van der Waals surface area contributed by atoms with E-state index in [2.05, 4.69) is 5.32 Å². The van der Waals surface area contributed by atoms with Gasteiger partial charge in [-0.25, -0.2) is 4.79 Å². The van der Waals surface area contributed by atoms with E-state index in [1.807, 2.05) is 13.8 Å². The van der Waals surface area contributed by atoms with E-state index in [-0.39, 0.29) is 5.02 Å². The number of carbonyl (C=O) groups is 2. The molecule has 0 bridgehead atoms. The fourth-order valence-corrected chi connectivity index (χ4v) is 3.24. The minimum Gasteiger partial charge on any atom is -0.495 e. The summed E-state index contributed by atoms with van der Waals surface area (Å²) in [4.78, 5) is 25.3. The summed E-state index contributed by atoms with van der Waals surface area (Å²) in [6, 6.07) is 5.17. The van der Waals surface area contributed by atoms with E-state index in [0.717, 1.165) is 10.4 Å². The lowest BCUT2D eigenvalue weighted by atomic mass is 10.1. The van der Waals surface area contributed by atoms with Crippen molar-refractivity contribution < 1.29 is 19.4 Å². The van der Waals surface area contributed by atoms with Crippen LogP contribution < -0.4 is 10.1 Å². The maximum atomic E-state index is 12.3. The van der Waals surface area contributed by atoms with Crippen molar-refractivity contribution >= 4 is 34.8 Å². The molecule has 7 heteroatoms. The van der Waals surface area contributed by atoms with Crippen LogP contribution in [0.4, 0.5) is 0 Å². The van der Waals surface area contributed by atoms with Crippen LogP contribution in [0.3, 0.4) is 0 Å². The molecule has 0 spiro atoms. The van der Waals surface area contributed by atoms with Gasteiger partial charge in [-0.2, -0.15) is 0 Å². The molecule has 0 radical (unpaired) electrons. The maximum Gasteiger partial charge on any atom is 0.330 e. The second-order valence-corrected chi connectivity index (χ2v) is 6.65. The van der Waals surface area contributed by atoms with E-state index >= 15 is 0 Å².